The standard InChI is InChI=1S/C14H29NO/c1-11(14(2,3)4)15(5)12-9-7-6-8-10-13(12)16/h11-13,16H,6-10H2,1-5H3. The van der Waals surface area contributed by atoms with Crippen molar-refractivity contribution in [3.05, 3.63) is 0 Å². The molecular weight excluding hydrogens is 198 g/mol. The fourth-order valence-electron chi connectivity index (χ4n) is 2.64. The molecule has 0 heterocycles. The third kappa shape index (κ3) is 3.46. The number of hydrogen-bond donors (Lipinski definition) is 1. The Morgan fingerprint density at radius 3 is 2.25 bits per heavy atom. The van der Waals surface area contributed by atoms with Crippen molar-refractivity contribution in [2.75, 3.05) is 7.05 Å². The van der Waals surface area contributed by atoms with Crippen molar-refractivity contribution in [3.8, 4) is 0 Å². The highest BCUT2D eigenvalue weighted by atomic mass is 16.3. The average Bonchev–Trinajstić information content (AvgIpc) is 2.39. The summed E-state index contributed by atoms with van der Waals surface area (Å²) < 4.78 is 0. The van der Waals surface area contributed by atoms with Crippen molar-refractivity contribution in [2.45, 2.75) is 78.0 Å². The van der Waals surface area contributed by atoms with Gasteiger partial charge in [0.25, 0.3) is 0 Å². The van der Waals surface area contributed by atoms with Crippen LogP contribution in [0, 0.1) is 5.41 Å². The van der Waals surface area contributed by atoms with Crippen LogP contribution in [0.4, 0.5) is 0 Å². The second-order valence-corrected chi connectivity index (χ2v) is 6.48. The number of aliphatic hydroxyl groups is 1. The van der Waals surface area contributed by atoms with E-state index in [1.807, 2.05) is 0 Å². The molecule has 1 rings (SSSR count). The molecule has 1 N–H and O–H groups in total. The fourth-order valence-corrected chi connectivity index (χ4v) is 2.64. The van der Waals surface area contributed by atoms with Crippen LogP contribution < -0.4 is 0 Å². The summed E-state index contributed by atoms with van der Waals surface area (Å²) in [6.07, 6.45) is 5.74. The van der Waals surface area contributed by atoms with Gasteiger partial charge in [0.1, 0.15) is 0 Å². The summed E-state index contributed by atoms with van der Waals surface area (Å²) in [5.41, 5.74) is 0.279. The smallest absolute Gasteiger partial charge is 0.0695 e. The molecule has 2 nitrogen and oxygen atoms in total. The maximum Gasteiger partial charge on any atom is 0.0695 e. The first kappa shape index (κ1) is 14.0. The molecule has 0 radical (unpaired) electrons. The number of hydrogen-bond acceptors (Lipinski definition) is 2. The van der Waals surface area contributed by atoms with Crippen molar-refractivity contribution in [1.82, 2.24) is 4.90 Å². The molecule has 96 valence electrons. The summed E-state index contributed by atoms with van der Waals surface area (Å²) in [6.45, 7) is 9.10. The third-order valence-electron chi connectivity index (χ3n) is 4.33. The second-order valence-electron chi connectivity index (χ2n) is 6.48. The molecule has 2 heteroatoms. The van der Waals surface area contributed by atoms with Gasteiger partial charge in [-0.2, -0.15) is 0 Å². The van der Waals surface area contributed by atoms with Gasteiger partial charge in [-0.1, -0.05) is 40.0 Å². The van der Waals surface area contributed by atoms with Gasteiger partial charge in [0, 0.05) is 12.1 Å². The molecule has 0 aromatic rings. The highest BCUT2D eigenvalue weighted by molar-refractivity contribution is 4.86. The van der Waals surface area contributed by atoms with Crippen molar-refractivity contribution in [1.29, 1.82) is 0 Å². The zero-order chi connectivity index (χ0) is 12.3. The van der Waals surface area contributed by atoms with Crippen molar-refractivity contribution in [3.63, 3.8) is 0 Å². The van der Waals surface area contributed by atoms with Gasteiger partial charge in [-0.05, 0) is 32.2 Å². The van der Waals surface area contributed by atoms with E-state index in [0.717, 1.165) is 12.8 Å². The Hall–Kier alpha value is -0.0800. The van der Waals surface area contributed by atoms with Crippen LogP contribution in [0.5, 0.6) is 0 Å². The van der Waals surface area contributed by atoms with Crippen LogP contribution in [0.25, 0.3) is 0 Å². The van der Waals surface area contributed by atoms with Gasteiger partial charge in [0.2, 0.25) is 0 Å². The van der Waals surface area contributed by atoms with E-state index in [0.29, 0.717) is 12.1 Å². The molecule has 1 saturated carbocycles. The molecule has 0 bridgehead atoms. The zero-order valence-corrected chi connectivity index (χ0v) is 11.7. The third-order valence-corrected chi connectivity index (χ3v) is 4.33. The van der Waals surface area contributed by atoms with E-state index in [-0.39, 0.29) is 11.5 Å². The minimum atomic E-state index is -0.128. The van der Waals surface area contributed by atoms with Gasteiger partial charge in [0.05, 0.1) is 6.10 Å². The van der Waals surface area contributed by atoms with Crippen molar-refractivity contribution < 1.29 is 5.11 Å². The summed E-state index contributed by atoms with van der Waals surface area (Å²) in [6, 6.07) is 0.863. The van der Waals surface area contributed by atoms with Crippen LogP contribution in [0.3, 0.4) is 0 Å². The number of aliphatic hydroxyl groups excluding tert-OH is 1. The molecule has 1 aliphatic rings. The molecule has 0 aliphatic heterocycles. The van der Waals surface area contributed by atoms with E-state index in [9.17, 15) is 5.11 Å². The summed E-state index contributed by atoms with van der Waals surface area (Å²) in [5, 5.41) is 10.2. The Labute approximate surface area is 101 Å². The molecule has 3 atom stereocenters. The maximum absolute atomic E-state index is 10.2. The topological polar surface area (TPSA) is 23.5 Å². The van der Waals surface area contributed by atoms with Crippen LogP contribution in [-0.2, 0) is 0 Å². The SMILES string of the molecule is CC(N(C)C1CCCCCC1O)C(C)(C)C. The molecule has 16 heavy (non-hydrogen) atoms. The summed E-state index contributed by atoms with van der Waals surface area (Å²) in [4.78, 5) is 2.40. The van der Waals surface area contributed by atoms with Crippen molar-refractivity contribution in [2.24, 2.45) is 5.41 Å². The molecule has 0 aromatic heterocycles. The van der Waals surface area contributed by atoms with Crippen LogP contribution in [0.15, 0.2) is 0 Å². The van der Waals surface area contributed by atoms with Crippen LogP contribution in [0.2, 0.25) is 0 Å². The highest BCUT2D eigenvalue weighted by Crippen LogP contribution is 2.29. The van der Waals surface area contributed by atoms with Gasteiger partial charge in [-0.25, -0.2) is 0 Å². The summed E-state index contributed by atoms with van der Waals surface area (Å²) in [7, 11) is 2.18. The van der Waals surface area contributed by atoms with E-state index in [1.54, 1.807) is 0 Å². The van der Waals surface area contributed by atoms with Gasteiger partial charge in [0.15, 0.2) is 0 Å². The lowest BCUT2D eigenvalue weighted by Gasteiger charge is -2.41. The minimum Gasteiger partial charge on any atom is -0.391 e. The zero-order valence-electron chi connectivity index (χ0n) is 11.7. The van der Waals surface area contributed by atoms with Gasteiger partial charge < -0.3 is 5.11 Å². The van der Waals surface area contributed by atoms with E-state index in [2.05, 4.69) is 39.6 Å². The van der Waals surface area contributed by atoms with E-state index >= 15 is 0 Å². The molecule has 0 aromatic carbocycles. The lowest BCUT2D eigenvalue weighted by Crippen LogP contribution is -2.49. The van der Waals surface area contributed by atoms with E-state index in [1.165, 1.54) is 19.3 Å². The highest BCUT2D eigenvalue weighted by Gasteiger charge is 2.32. The predicted molar refractivity (Wildman–Crippen MR) is 69.6 cm³/mol. The Morgan fingerprint density at radius 2 is 1.69 bits per heavy atom. The first-order valence-electron chi connectivity index (χ1n) is 6.74. The summed E-state index contributed by atoms with van der Waals surface area (Å²) >= 11 is 0. The number of likely N-dealkylation sites (N-methyl/N-ethyl adjacent to an activating group) is 1. The first-order chi connectivity index (χ1) is 7.34. The Bertz CT molecular complexity index is 209. The summed E-state index contributed by atoms with van der Waals surface area (Å²) in [5.74, 6) is 0. The van der Waals surface area contributed by atoms with E-state index in [4.69, 9.17) is 0 Å². The van der Waals surface area contributed by atoms with E-state index < -0.39 is 0 Å². The van der Waals surface area contributed by atoms with Crippen LogP contribution >= 0.6 is 0 Å². The monoisotopic (exact) mass is 227 g/mol. The fraction of sp³-hybridized carbons (Fsp3) is 1.00. The molecular formula is C14H29NO. The van der Waals surface area contributed by atoms with Gasteiger partial charge >= 0.3 is 0 Å². The molecule has 0 amide bonds. The lowest BCUT2D eigenvalue weighted by atomic mass is 9.85. The van der Waals surface area contributed by atoms with Gasteiger partial charge in [-0.3, -0.25) is 4.90 Å². The number of nitrogens with zero attached hydrogens (tertiary/aromatic N) is 1. The second kappa shape index (κ2) is 5.50. The maximum atomic E-state index is 10.2. The van der Waals surface area contributed by atoms with Crippen LogP contribution in [-0.4, -0.2) is 35.2 Å². The largest absolute Gasteiger partial charge is 0.391 e. The number of rotatable bonds is 2. The first-order valence-corrected chi connectivity index (χ1v) is 6.74. The molecule has 1 aliphatic carbocycles. The Kier molecular flexibility index (Phi) is 4.81. The lowest BCUT2D eigenvalue weighted by molar-refractivity contribution is 0.0117. The Balaban J connectivity index is 2.66. The molecule has 3 unspecified atom stereocenters. The average molecular weight is 227 g/mol. The minimum absolute atomic E-state index is 0.128. The molecule has 0 saturated heterocycles. The van der Waals surface area contributed by atoms with Crippen molar-refractivity contribution >= 4 is 0 Å². The quantitative estimate of drug-likeness (QED) is 0.733. The predicted octanol–water partition coefficient (Wildman–Crippen LogP) is 3.05. The molecule has 0 spiro atoms. The van der Waals surface area contributed by atoms with Gasteiger partial charge in [-0.15, -0.1) is 0 Å². The normalized spacial score (nSPS) is 30.2. The Morgan fingerprint density at radius 1 is 1.12 bits per heavy atom. The van der Waals surface area contributed by atoms with Crippen LogP contribution in [0.1, 0.15) is 59.8 Å². The molecule has 1 fully saturated rings.